The SMILES string of the molecule is Br.Br.CNCC(=O)NCCNC(=O)CNC(=O)[C@H](CC(C)C)NC(=O)[C@H](C)N(C(=O)CNC(=O)[C@H](CCCCN)N(C(=O)CCC(=O)Nc1ccc(-c2c3nc(c(-c4ccccc4)c4ccc([nH]4)c(-c4ccccc4)c4nc(c(-c5ccccc5)c5ccc2[nH]5)C=C4)C=C3)cc1)C(=O)CNC)c1ccccc1. The van der Waals surface area contributed by atoms with Crippen LogP contribution in [0.1, 0.15) is 82.1 Å². The molecule has 24 nitrogen and oxygen atoms in total. The van der Waals surface area contributed by atoms with E-state index in [0.717, 1.165) is 93.5 Å². The first-order valence-corrected chi connectivity index (χ1v) is 35.3. The molecule has 0 unspecified atom stereocenters. The van der Waals surface area contributed by atoms with Crippen molar-refractivity contribution in [2.45, 2.75) is 77.4 Å². The second-order valence-corrected chi connectivity index (χ2v) is 25.8. The molecule has 3 atom stereocenters. The fraction of sp³-hybridized carbons (Fsp3) is 0.272. The number of nitrogens with one attached hydrogen (secondary N) is 10. The third-order valence-corrected chi connectivity index (χ3v) is 17.7. The molecule has 9 amide bonds. The number of imide groups is 1. The van der Waals surface area contributed by atoms with Gasteiger partial charge in [-0.1, -0.05) is 135 Å². The van der Waals surface area contributed by atoms with Crippen LogP contribution in [0.15, 0.2) is 170 Å². The van der Waals surface area contributed by atoms with Gasteiger partial charge in [0, 0.05) is 81.6 Å². The van der Waals surface area contributed by atoms with Crippen LogP contribution in [0.25, 0.3) is 90.9 Å². The minimum atomic E-state index is -1.45. The highest BCUT2D eigenvalue weighted by Crippen LogP contribution is 2.39. The Morgan fingerprint density at radius 1 is 0.449 bits per heavy atom. The van der Waals surface area contributed by atoms with E-state index in [4.69, 9.17) is 15.7 Å². The topological polar surface area (TPSA) is 340 Å². The summed E-state index contributed by atoms with van der Waals surface area (Å²) in [6.07, 6.45) is 8.15. The number of para-hydroxylation sites is 1. The quantitative estimate of drug-likeness (QED) is 0.0175. The van der Waals surface area contributed by atoms with Gasteiger partial charge in [-0.2, -0.15) is 0 Å². The van der Waals surface area contributed by atoms with E-state index in [0.29, 0.717) is 24.2 Å². The minimum Gasteiger partial charge on any atom is -0.354 e. The summed E-state index contributed by atoms with van der Waals surface area (Å²) in [6.45, 7) is 4.34. The molecular formula is C81H91Br2N15O9. The summed E-state index contributed by atoms with van der Waals surface area (Å²) in [5.74, 6) is -5.94. The van der Waals surface area contributed by atoms with Gasteiger partial charge in [-0.25, -0.2) is 9.97 Å². The summed E-state index contributed by atoms with van der Waals surface area (Å²) < 4.78 is 0. The lowest BCUT2D eigenvalue weighted by Gasteiger charge is -2.32. The monoisotopic (exact) mass is 1580 g/mol. The number of carbonyl (C=O) groups is 9. The van der Waals surface area contributed by atoms with E-state index < -0.39 is 84.9 Å². The summed E-state index contributed by atoms with van der Waals surface area (Å²) in [5.41, 5.74) is 20.1. The lowest BCUT2D eigenvalue weighted by atomic mass is 10.0. The van der Waals surface area contributed by atoms with E-state index >= 15 is 0 Å². The molecular weight excluding hydrogens is 1490 g/mol. The number of fused-ring (bicyclic) bond motifs is 8. The van der Waals surface area contributed by atoms with Crippen molar-refractivity contribution in [3.63, 3.8) is 0 Å². The molecule has 5 aromatic carbocycles. The molecule has 0 spiro atoms. The zero-order valence-electron chi connectivity index (χ0n) is 60.3. The Balaban J connectivity index is 0.00000722. The van der Waals surface area contributed by atoms with Crippen LogP contribution in [0.4, 0.5) is 11.4 Å². The van der Waals surface area contributed by atoms with Gasteiger partial charge in [-0.15, -0.1) is 34.0 Å². The van der Waals surface area contributed by atoms with E-state index in [9.17, 15) is 43.2 Å². The Hall–Kier alpha value is -11.0. The molecule has 12 N–H and O–H groups in total. The van der Waals surface area contributed by atoms with Crippen LogP contribution >= 0.6 is 34.0 Å². The van der Waals surface area contributed by atoms with Crippen molar-refractivity contribution < 1.29 is 43.2 Å². The summed E-state index contributed by atoms with van der Waals surface area (Å²) in [7, 11) is 3.14. The van der Waals surface area contributed by atoms with Crippen LogP contribution in [0.5, 0.6) is 0 Å². The van der Waals surface area contributed by atoms with E-state index in [1.165, 1.54) is 14.0 Å². The highest BCUT2D eigenvalue weighted by atomic mass is 79.9. The molecule has 26 heteroatoms. The lowest BCUT2D eigenvalue weighted by molar-refractivity contribution is -0.152. The van der Waals surface area contributed by atoms with E-state index in [2.05, 4.69) is 113 Å². The first-order valence-electron chi connectivity index (χ1n) is 35.3. The van der Waals surface area contributed by atoms with Gasteiger partial charge in [0.25, 0.3) is 0 Å². The third-order valence-electron chi connectivity index (χ3n) is 17.7. The number of rotatable bonds is 32. The highest BCUT2D eigenvalue weighted by molar-refractivity contribution is 8.93. The van der Waals surface area contributed by atoms with Crippen molar-refractivity contribution in [2.75, 3.05) is 70.1 Å². The number of carbonyl (C=O) groups excluding carboxylic acids is 9. The average molecular weight is 1580 g/mol. The molecule has 10 rings (SSSR count). The summed E-state index contributed by atoms with van der Waals surface area (Å²) in [4.78, 5) is 144. The van der Waals surface area contributed by atoms with E-state index in [1.54, 1.807) is 49.5 Å². The van der Waals surface area contributed by atoms with Crippen LogP contribution < -0.4 is 53.2 Å². The van der Waals surface area contributed by atoms with Gasteiger partial charge in [-0.05, 0) is 154 Å². The Labute approximate surface area is 642 Å². The zero-order valence-corrected chi connectivity index (χ0v) is 63.8. The first kappa shape index (κ1) is 81.6. The number of H-pyrrole nitrogens is 2. The maximum Gasteiger partial charge on any atom is 0.247 e. The molecule has 0 radical (unpaired) electrons. The van der Waals surface area contributed by atoms with Crippen molar-refractivity contribution in [1.29, 1.82) is 0 Å². The summed E-state index contributed by atoms with van der Waals surface area (Å²) in [6, 6.07) is 50.4. The van der Waals surface area contributed by atoms with Gasteiger partial charge in [0.2, 0.25) is 53.2 Å². The highest BCUT2D eigenvalue weighted by Gasteiger charge is 2.36. The number of benzene rings is 5. The normalized spacial score (nSPS) is 12.1. The van der Waals surface area contributed by atoms with Crippen molar-refractivity contribution in [3.05, 3.63) is 193 Å². The molecule has 5 heterocycles. The Morgan fingerprint density at radius 2 is 0.888 bits per heavy atom. The Bertz CT molecular complexity index is 4650. The van der Waals surface area contributed by atoms with Gasteiger partial charge >= 0.3 is 0 Å². The van der Waals surface area contributed by atoms with Crippen LogP contribution in [-0.2, 0) is 43.2 Å². The second-order valence-electron chi connectivity index (χ2n) is 25.8. The maximum absolute atomic E-state index is 14.5. The lowest BCUT2D eigenvalue weighted by Crippen LogP contribution is -2.57. The molecule has 0 fully saturated rings. The van der Waals surface area contributed by atoms with Gasteiger partial charge in [0.1, 0.15) is 18.1 Å². The fourth-order valence-electron chi connectivity index (χ4n) is 12.7. The van der Waals surface area contributed by atoms with Gasteiger partial charge in [-0.3, -0.25) is 53.0 Å². The molecule has 0 saturated heterocycles. The largest absolute Gasteiger partial charge is 0.354 e. The van der Waals surface area contributed by atoms with Gasteiger partial charge in [0.05, 0.1) is 49.0 Å². The first-order chi connectivity index (χ1) is 50.9. The number of amides is 9. The molecule has 2 aliphatic rings. The number of hydrogen-bond acceptors (Lipinski definition) is 14. The van der Waals surface area contributed by atoms with E-state index in [1.807, 2.05) is 105 Å². The third kappa shape index (κ3) is 21.4. The van der Waals surface area contributed by atoms with Crippen molar-refractivity contribution in [3.8, 4) is 44.5 Å². The molecule has 0 saturated carbocycles. The molecule has 8 bridgehead atoms. The van der Waals surface area contributed by atoms with Gasteiger partial charge in [0.15, 0.2) is 0 Å². The van der Waals surface area contributed by atoms with Gasteiger partial charge < -0.3 is 58.2 Å². The number of aromatic nitrogens is 4. The van der Waals surface area contributed by atoms with Crippen molar-refractivity contribution >= 4 is 145 Å². The van der Waals surface area contributed by atoms with Crippen molar-refractivity contribution in [2.24, 2.45) is 11.7 Å². The molecule has 2 aliphatic heterocycles. The molecule has 0 aliphatic carbocycles. The number of aromatic amines is 2. The molecule has 558 valence electrons. The standard InChI is InChI=1S/C81H89N15O9.2BrH/c1-51(2)46-67(80(104)87-48-71(99)86-45-44-85-70(98)47-83-4)94-79(103)52(3)95(58-26-16-9-17-27-58)74(102)50-88-81(105)68(28-18-19-43-82)96(73(101)49-84-5)72(100)42-41-69(97)89-57-31-29-56(30-32-57)78-65-39-37-63(92-65)76(54-22-12-7-13-23-54)61-35-33-59(90-61)75(53-20-10-6-11-21-53)60-34-36-62(91-60)77(55-24-14-8-15-25-55)64-38-40-66(78)93-64;;/h6-17,20-27,29-40,51-52,67-68,83-84,90,93H,18-19,28,41-50,82H2,1-5H3,(H,85,98)(H,86,99)(H,87,104)(H,88,105)(H,89,97)(H,94,103);2*1H/t52-,67-,68-;;/m0../s1. The number of nitrogens with two attached hydrogens (primary N) is 1. The van der Waals surface area contributed by atoms with Crippen molar-refractivity contribution in [1.82, 2.24) is 62.1 Å². The number of halogens is 2. The Morgan fingerprint density at radius 3 is 1.34 bits per heavy atom. The number of likely N-dealkylation sites (N-methyl/N-ethyl adjacent to an activating group) is 2. The van der Waals surface area contributed by atoms with Crippen LogP contribution in [-0.4, -0.2) is 156 Å². The predicted octanol–water partition coefficient (Wildman–Crippen LogP) is 9.91. The van der Waals surface area contributed by atoms with Crippen LogP contribution in [0, 0.1) is 5.92 Å². The molecule has 8 aromatic rings. The predicted molar refractivity (Wildman–Crippen MR) is 432 cm³/mol. The minimum absolute atomic E-state index is 0. The fourth-order valence-corrected chi connectivity index (χ4v) is 12.7. The summed E-state index contributed by atoms with van der Waals surface area (Å²) >= 11 is 0. The second kappa shape index (κ2) is 39.9. The zero-order chi connectivity index (χ0) is 74.4. The average Bonchev–Trinajstić information content (AvgIpc) is 1.62. The number of nitrogens with zero attached hydrogens (tertiary/aromatic N) is 4. The number of unbranched alkanes of at least 4 members (excludes halogenated alkanes) is 1. The number of hydrogen-bond donors (Lipinski definition) is 11. The summed E-state index contributed by atoms with van der Waals surface area (Å²) in [5, 5.41) is 21.6. The molecule has 107 heavy (non-hydrogen) atoms. The maximum atomic E-state index is 14.5. The van der Waals surface area contributed by atoms with Crippen LogP contribution in [0.2, 0.25) is 0 Å². The molecule has 3 aromatic heterocycles. The van der Waals surface area contributed by atoms with E-state index in [-0.39, 0.29) is 103 Å². The smallest absolute Gasteiger partial charge is 0.247 e. The Kier molecular flexibility index (Phi) is 30.4. The van der Waals surface area contributed by atoms with Crippen LogP contribution in [0.3, 0.4) is 0 Å². The number of anilines is 2.